The second kappa shape index (κ2) is 5.58. The van der Waals surface area contributed by atoms with Crippen LogP contribution in [-0.4, -0.2) is 13.0 Å². The van der Waals surface area contributed by atoms with Gasteiger partial charge in [0.2, 0.25) is 0 Å². The topological polar surface area (TPSA) is 12.0 Å². The number of hydrogen-bond donors (Lipinski definition) is 1. The van der Waals surface area contributed by atoms with Crippen LogP contribution in [0.4, 0.5) is 8.78 Å². The largest absolute Gasteiger partial charge is 0.305 e. The molecule has 1 aliphatic rings. The molecule has 0 saturated carbocycles. The predicted molar refractivity (Wildman–Crippen MR) is 65.5 cm³/mol. The maximum atomic E-state index is 12.1. The van der Waals surface area contributed by atoms with E-state index in [1.54, 1.807) is 0 Å². The Kier molecular flexibility index (Phi) is 4.11. The van der Waals surface area contributed by atoms with Gasteiger partial charge in [0.25, 0.3) is 6.43 Å². The van der Waals surface area contributed by atoms with Gasteiger partial charge in [-0.2, -0.15) is 0 Å². The summed E-state index contributed by atoms with van der Waals surface area (Å²) >= 11 is 0. The molecule has 0 amide bonds. The highest BCUT2D eigenvalue weighted by atomic mass is 19.3. The highest BCUT2D eigenvalue weighted by Crippen LogP contribution is 2.24. The third-order valence-electron chi connectivity index (χ3n) is 3.45. The van der Waals surface area contributed by atoms with Gasteiger partial charge in [-0.15, -0.1) is 0 Å². The van der Waals surface area contributed by atoms with E-state index in [0.717, 1.165) is 18.4 Å². The van der Waals surface area contributed by atoms with Crippen LogP contribution in [0.15, 0.2) is 18.2 Å². The van der Waals surface area contributed by atoms with Gasteiger partial charge in [-0.25, -0.2) is 8.78 Å². The molecule has 94 valence electrons. The zero-order valence-corrected chi connectivity index (χ0v) is 10.2. The Labute approximate surface area is 101 Å². The standard InChI is InChI=1S/C14H19F2N/c1-10(17-9-14(15)16)12-7-6-11-4-2-3-5-13(11)8-12/h6-8,10,14,17H,2-5,9H2,1H3. The van der Waals surface area contributed by atoms with Gasteiger partial charge in [0, 0.05) is 6.04 Å². The zero-order chi connectivity index (χ0) is 12.3. The molecule has 0 heterocycles. The lowest BCUT2D eigenvalue weighted by Gasteiger charge is -2.20. The third-order valence-corrected chi connectivity index (χ3v) is 3.45. The number of fused-ring (bicyclic) bond motifs is 1. The molecule has 17 heavy (non-hydrogen) atoms. The second-order valence-corrected chi connectivity index (χ2v) is 4.76. The van der Waals surface area contributed by atoms with E-state index in [0.29, 0.717) is 0 Å². The van der Waals surface area contributed by atoms with Crippen LogP contribution in [-0.2, 0) is 12.8 Å². The van der Waals surface area contributed by atoms with E-state index in [9.17, 15) is 8.78 Å². The molecule has 0 fully saturated rings. The first-order chi connectivity index (χ1) is 8.16. The summed E-state index contributed by atoms with van der Waals surface area (Å²) in [5.74, 6) is 0. The highest BCUT2D eigenvalue weighted by molar-refractivity contribution is 5.35. The molecule has 1 unspecified atom stereocenters. The summed E-state index contributed by atoms with van der Waals surface area (Å²) in [6, 6.07) is 6.39. The van der Waals surface area contributed by atoms with Gasteiger partial charge in [-0.05, 0) is 49.3 Å². The van der Waals surface area contributed by atoms with Crippen LogP contribution >= 0.6 is 0 Å². The highest BCUT2D eigenvalue weighted by Gasteiger charge is 2.13. The number of nitrogens with one attached hydrogen (secondary N) is 1. The molecule has 1 aromatic carbocycles. The minimum atomic E-state index is -2.28. The number of alkyl halides is 2. The molecule has 0 spiro atoms. The van der Waals surface area contributed by atoms with Gasteiger partial charge < -0.3 is 5.32 Å². The average Bonchev–Trinajstić information content (AvgIpc) is 2.35. The van der Waals surface area contributed by atoms with Crippen molar-refractivity contribution in [1.29, 1.82) is 0 Å². The quantitative estimate of drug-likeness (QED) is 0.848. The Hall–Kier alpha value is -0.960. The predicted octanol–water partition coefficient (Wildman–Crippen LogP) is 3.48. The number of hydrogen-bond acceptors (Lipinski definition) is 1. The van der Waals surface area contributed by atoms with E-state index in [4.69, 9.17) is 0 Å². The van der Waals surface area contributed by atoms with E-state index in [1.165, 1.54) is 24.0 Å². The normalized spacial score (nSPS) is 16.9. The van der Waals surface area contributed by atoms with Gasteiger partial charge in [0.1, 0.15) is 0 Å². The molecule has 0 bridgehead atoms. The van der Waals surface area contributed by atoms with Crippen LogP contribution in [0.2, 0.25) is 0 Å². The SMILES string of the molecule is CC(NCC(F)F)c1ccc2c(c1)CCCC2. The van der Waals surface area contributed by atoms with Crippen molar-refractivity contribution >= 4 is 0 Å². The maximum Gasteiger partial charge on any atom is 0.250 e. The molecule has 3 heteroatoms. The molecular formula is C14H19F2N. The van der Waals surface area contributed by atoms with Crippen LogP contribution in [0.3, 0.4) is 0 Å². The fraction of sp³-hybridized carbons (Fsp3) is 0.571. The number of aryl methyl sites for hydroxylation is 2. The van der Waals surface area contributed by atoms with Crippen molar-refractivity contribution in [3.05, 3.63) is 34.9 Å². The minimum Gasteiger partial charge on any atom is -0.305 e. The summed E-state index contributed by atoms with van der Waals surface area (Å²) in [6.45, 7) is 1.70. The Balaban J connectivity index is 2.05. The maximum absolute atomic E-state index is 12.1. The summed E-state index contributed by atoms with van der Waals surface area (Å²) < 4.78 is 24.2. The molecule has 1 aromatic rings. The first kappa shape index (κ1) is 12.5. The molecule has 0 radical (unpaired) electrons. The molecule has 0 aliphatic heterocycles. The average molecular weight is 239 g/mol. The number of halogens is 2. The van der Waals surface area contributed by atoms with Gasteiger partial charge in [0.05, 0.1) is 6.54 Å². The Morgan fingerprint density at radius 3 is 2.59 bits per heavy atom. The van der Waals surface area contributed by atoms with E-state index in [-0.39, 0.29) is 12.6 Å². The van der Waals surface area contributed by atoms with E-state index in [1.807, 2.05) is 6.92 Å². The van der Waals surface area contributed by atoms with Crippen LogP contribution < -0.4 is 5.32 Å². The fourth-order valence-electron chi connectivity index (χ4n) is 2.41. The molecular weight excluding hydrogens is 220 g/mol. The van der Waals surface area contributed by atoms with Gasteiger partial charge in [0.15, 0.2) is 0 Å². The van der Waals surface area contributed by atoms with Crippen molar-refractivity contribution in [2.75, 3.05) is 6.54 Å². The summed E-state index contributed by atoms with van der Waals surface area (Å²) in [4.78, 5) is 0. The minimum absolute atomic E-state index is 0.00349. The monoisotopic (exact) mass is 239 g/mol. The fourth-order valence-corrected chi connectivity index (χ4v) is 2.41. The molecule has 0 aromatic heterocycles. The number of benzene rings is 1. The summed E-state index contributed by atoms with van der Waals surface area (Å²) in [5, 5.41) is 2.86. The Morgan fingerprint density at radius 1 is 1.18 bits per heavy atom. The van der Waals surface area contributed by atoms with Gasteiger partial charge in [-0.1, -0.05) is 18.2 Å². The van der Waals surface area contributed by atoms with Gasteiger partial charge in [-0.3, -0.25) is 0 Å². The van der Waals surface area contributed by atoms with Crippen molar-refractivity contribution < 1.29 is 8.78 Å². The molecule has 0 saturated heterocycles. The first-order valence-corrected chi connectivity index (χ1v) is 6.30. The lowest BCUT2D eigenvalue weighted by molar-refractivity contribution is 0.142. The summed E-state index contributed by atoms with van der Waals surface area (Å²) in [6.07, 6.45) is 2.52. The summed E-state index contributed by atoms with van der Waals surface area (Å²) in [7, 11) is 0. The number of rotatable bonds is 4. The van der Waals surface area contributed by atoms with Crippen molar-refractivity contribution in [1.82, 2.24) is 5.32 Å². The van der Waals surface area contributed by atoms with Crippen molar-refractivity contribution in [2.24, 2.45) is 0 Å². The Morgan fingerprint density at radius 2 is 1.88 bits per heavy atom. The van der Waals surface area contributed by atoms with Crippen LogP contribution in [0.25, 0.3) is 0 Å². The van der Waals surface area contributed by atoms with E-state index >= 15 is 0 Å². The molecule has 2 rings (SSSR count). The summed E-state index contributed by atoms with van der Waals surface area (Å²) in [5.41, 5.74) is 3.95. The second-order valence-electron chi connectivity index (χ2n) is 4.76. The van der Waals surface area contributed by atoms with Gasteiger partial charge >= 0.3 is 0 Å². The third kappa shape index (κ3) is 3.25. The van der Waals surface area contributed by atoms with Crippen LogP contribution in [0.1, 0.15) is 42.5 Å². The molecule has 1 aliphatic carbocycles. The van der Waals surface area contributed by atoms with Crippen LogP contribution in [0.5, 0.6) is 0 Å². The smallest absolute Gasteiger partial charge is 0.250 e. The lowest BCUT2D eigenvalue weighted by atomic mass is 9.89. The molecule has 1 nitrogen and oxygen atoms in total. The molecule has 1 atom stereocenters. The Bertz CT molecular complexity index is 376. The van der Waals surface area contributed by atoms with Crippen LogP contribution in [0, 0.1) is 0 Å². The van der Waals surface area contributed by atoms with E-state index in [2.05, 4.69) is 23.5 Å². The molecule has 1 N–H and O–H groups in total. The van der Waals surface area contributed by atoms with Crippen molar-refractivity contribution in [3.63, 3.8) is 0 Å². The lowest BCUT2D eigenvalue weighted by Crippen LogP contribution is -2.24. The first-order valence-electron chi connectivity index (χ1n) is 6.30. The zero-order valence-electron chi connectivity index (χ0n) is 10.2. The van der Waals surface area contributed by atoms with Crippen molar-refractivity contribution in [2.45, 2.75) is 45.1 Å². The van der Waals surface area contributed by atoms with Crippen molar-refractivity contribution in [3.8, 4) is 0 Å². The van der Waals surface area contributed by atoms with E-state index < -0.39 is 6.43 Å².